The summed E-state index contributed by atoms with van der Waals surface area (Å²) in [6.07, 6.45) is 0. The molecule has 2 heterocycles. The maximum absolute atomic E-state index is 11.9. The number of hydrogen-bond acceptors (Lipinski definition) is 8. The Bertz CT molecular complexity index is 944. The Balaban J connectivity index is 1.28. The number of nitrogens with zero attached hydrogens (tertiary/aromatic N) is 1. The van der Waals surface area contributed by atoms with Crippen LogP contribution in [0.25, 0.3) is 0 Å². The Hall–Kier alpha value is -3.13. The molecule has 0 aromatic heterocycles. The van der Waals surface area contributed by atoms with Gasteiger partial charge in [0.15, 0.2) is 23.0 Å². The van der Waals surface area contributed by atoms with E-state index in [0.29, 0.717) is 39.3 Å². The van der Waals surface area contributed by atoms with Crippen molar-refractivity contribution >= 4 is 23.3 Å². The average Bonchev–Trinajstić information content (AvgIpc) is 3.35. The molecule has 0 unspecified atom stereocenters. The van der Waals surface area contributed by atoms with Crippen LogP contribution in [-0.2, 0) is 21.0 Å². The lowest BCUT2D eigenvalue weighted by molar-refractivity contribution is -0.150. The van der Waals surface area contributed by atoms with Crippen LogP contribution in [0.5, 0.6) is 23.0 Å². The van der Waals surface area contributed by atoms with E-state index in [2.05, 4.69) is 5.16 Å². The molecule has 2 aliphatic heterocycles. The fraction of sp³-hybridized carbons (Fsp3) is 0.263. The first kappa shape index (κ1) is 18.2. The number of rotatable bonds is 6. The maximum Gasteiger partial charge on any atom is 0.347 e. The van der Waals surface area contributed by atoms with Crippen molar-refractivity contribution in [1.82, 2.24) is 0 Å². The van der Waals surface area contributed by atoms with Gasteiger partial charge in [0.2, 0.25) is 20.2 Å². The molecule has 0 N–H and O–H groups in total. The predicted molar refractivity (Wildman–Crippen MR) is 98.1 cm³/mol. The van der Waals surface area contributed by atoms with Crippen molar-refractivity contribution in [2.24, 2.45) is 5.16 Å². The number of carbonyl (C=O) groups is 1. The number of halogens is 1. The number of esters is 1. The minimum absolute atomic E-state index is 0.0312. The fourth-order valence-electron chi connectivity index (χ4n) is 2.67. The van der Waals surface area contributed by atoms with E-state index in [1.54, 1.807) is 31.2 Å². The molecule has 0 spiro atoms. The molecular weight excluding hydrogens is 390 g/mol. The summed E-state index contributed by atoms with van der Waals surface area (Å²) in [6, 6.07) is 8.79. The van der Waals surface area contributed by atoms with E-state index in [1.165, 1.54) is 0 Å². The van der Waals surface area contributed by atoms with Gasteiger partial charge in [-0.25, -0.2) is 4.79 Å². The third kappa shape index (κ3) is 3.91. The Kier molecular flexibility index (Phi) is 5.12. The molecule has 8 nitrogen and oxygen atoms in total. The van der Waals surface area contributed by atoms with Gasteiger partial charge in [0.05, 0.1) is 10.7 Å². The number of fused-ring (bicyclic) bond motifs is 2. The molecule has 0 atom stereocenters. The summed E-state index contributed by atoms with van der Waals surface area (Å²) in [5.41, 5.74) is 2.07. The van der Waals surface area contributed by atoms with Gasteiger partial charge in [-0.05, 0) is 42.8 Å². The molecule has 2 aliphatic rings. The van der Waals surface area contributed by atoms with E-state index in [-0.39, 0.29) is 26.8 Å². The average molecular weight is 406 g/mol. The Morgan fingerprint density at radius 3 is 2.75 bits per heavy atom. The van der Waals surface area contributed by atoms with Gasteiger partial charge >= 0.3 is 5.97 Å². The van der Waals surface area contributed by atoms with E-state index in [1.807, 2.05) is 6.07 Å². The monoisotopic (exact) mass is 405 g/mol. The lowest BCUT2D eigenvalue weighted by atomic mass is 10.1. The molecule has 0 bridgehead atoms. The van der Waals surface area contributed by atoms with Gasteiger partial charge in [-0.2, -0.15) is 0 Å². The topological polar surface area (TPSA) is 84.8 Å². The maximum atomic E-state index is 11.9. The van der Waals surface area contributed by atoms with Crippen LogP contribution < -0.4 is 18.9 Å². The van der Waals surface area contributed by atoms with Crippen LogP contribution >= 0.6 is 11.6 Å². The minimum Gasteiger partial charge on any atom is -0.458 e. The molecular formula is C19H16ClNO7. The third-order valence-corrected chi connectivity index (χ3v) is 4.34. The van der Waals surface area contributed by atoms with E-state index in [0.717, 1.165) is 5.56 Å². The van der Waals surface area contributed by atoms with Gasteiger partial charge in [-0.15, -0.1) is 0 Å². The van der Waals surface area contributed by atoms with Crippen molar-refractivity contribution in [2.75, 3.05) is 20.2 Å². The predicted octanol–water partition coefficient (Wildman–Crippen LogP) is 3.28. The van der Waals surface area contributed by atoms with Crippen LogP contribution in [-0.4, -0.2) is 31.9 Å². The molecule has 2 aromatic rings. The highest BCUT2D eigenvalue weighted by molar-refractivity contribution is 6.32. The molecule has 0 fully saturated rings. The number of hydrogen-bond donors (Lipinski definition) is 0. The summed E-state index contributed by atoms with van der Waals surface area (Å²) >= 11 is 6.10. The number of oxime groups is 1. The zero-order valence-electron chi connectivity index (χ0n) is 14.9. The molecule has 0 aliphatic carbocycles. The first-order valence-corrected chi connectivity index (χ1v) is 8.78. The molecule has 28 heavy (non-hydrogen) atoms. The first-order chi connectivity index (χ1) is 13.6. The summed E-state index contributed by atoms with van der Waals surface area (Å²) in [6.45, 7) is 1.79. The van der Waals surface area contributed by atoms with E-state index in [4.69, 9.17) is 40.1 Å². The van der Waals surface area contributed by atoms with E-state index >= 15 is 0 Å². The standard InChI is InChI=1S/C19H16ClNO7/c1-11(13-2-3-15-16(6-13)25-9-24-15)21-28-8-18(22)23-7-12-4-14(20)19-17(5-12)26-10-27-19/h2-6H,7-10H2,1H3/b21-11-. The Morgan fingerprint density at radius 1 is 1.07 bits per heavy atom. The summed E-state index contributed by atoms with van der Waals surface area (Å²) in [5, 5.41) is 4.34. The van der Waals surface area contributed by atoms with Crippen LogP contribution in [0.4, 0.5) is 0 Å². The summed E-state index contributed by atoms with van der Waals surface area (Å²) in [7, 11) is 0. The molecule has 0 saturated carbocycles. The van der Waals surface area contributed by atoms with Crippen molar-refractivity contribution in [3.63, 3.8) is 0 Å². The van der Waals surface area contributed by atoms with Crippen LogP contribution in [0.3, 0.4) is 0 Å². The largest absolute Gasteiger partial charge is 0.458 e. The second-order valence-corrected chi connectivity index (χ2v) is 6.40. The number of benzene rings is 2. The summed E-state index contributed by atoms with van der Waals surface area (Å²) in [5.74, 6) is 1.79. The minimum atomic E-state index is -0.559. The van der Waals surface area contributed by atoms with Crippen LogP contribution in [0, 0.1) is 0 Å². The summed E-state index contributed by atoms with van der Waals surface area (Å²) < 4.78 is 26.3. The van der Waals surface area contributed by atoms with Gasteiger partial charge in [0.1, 0.15) is 6.61 Å². The quantitative estimate of drug-likeness (QED) is 0.414. The summed E-state index contributed by atoms with van der Waals surface area (Å²) in [4.78, 5) is 17.0. The van der Waals surface area contributed by atoms with Gasteiger partial charge in [-0.1, -0.05) is 16.8 Å². The third-order valence-electron chi connectivity index (χ3n) is 4.06. The highest BCUT2D eigenvalue weighted by atomic mass is 35.5. The van der Waals surface area contributed by atoms with Crippen LogP contribution in [0.2, 0.25) is 5.02 Å². The highest BCUT2D eigenvalue weighted by Crippen LogP contribution is 2.40. The van der Waals surface area contributed by atoms with E-state index < -0.39 is 5.97 Å². The number of carbonyl (C=O) groups excluding carboxylic acids is 1. The Labute approximate surface area is 165 Å². The van der Waals surface area contributed by atoms with Crippen molar-refractivity contribution in [1.29, 1.82) is 0 Å². The SMILES string of the molecule is C/C(=N/OCC(=O)OCc1cc(Cl)c2c(c1)OCO2)c1ccc2c(c1)OCO2. The van der Waals surface area contributed by atoms with Crippen LogP contribution in [0.15, 0.2) is 35.5 Å². The molecule has 146 valence electrons. The zero-order chi connectivity index (χ0) is 19.5. The zero-order valence-corrected chi connectivity index (χ0v) is 15.7. The van der Waals surface area contributed by atoms with Crippen molar-refractivity contribution < 1.29 is 33.3 Å². The molecule has 9 heteroatoms. The van der Waals surface area contributed by atoms with Gasteiger partial charge in [0.25, 0.3) is 0 Å². The molecule has 4 rings (SSSR count). The highest BCUT2D eigenvalue weighted by Gasteiger charge is 2.19. The van der Waals surface area contributed by atoms with Crippen molar-refractivity contribution in [3.05, 3.63) is 46.5 Å². The second kappa shape index (κ2) is 7.85. The van der Waals surface area contributed by atoms with Gasteiger partial charge in [0, 0.05) is 5.56 Å². The molecule has 0 amide bonds. The van der Waals surface area contributed by atoms with Crippen molar-refractivity contribution in [3.8, 4) is 23.0 Å². The lowest BCUT2D eigenvalue weighted by Gasteiger charge is -2.07. The second-order valence-electron chi connectivity index (χ2n) is 5.99. The molecule has 0 radical (unpaired) electrons. The fourth-order valence-corrected chi connectivity index (χ4v) is 2.95. The van der Waals surface area contributed by atoms with E-state index in [9.17, 15) is 4.79 Å². The molecule has 2 aromatic carbocycles. The van der Waals surface area contributed by atoms with Gasteiger partial charge < -0.3 is 28.5 Å². The first-order valence-electron chi connectivity index (χ1n) is 8.40. The smallest absolute Gasteiger partial charge is 0.347 e. The van der Waals surface area contributed by atoms with Gasteiger partial charge in [-0.3, -0.25) is 0 Å². The normalized spacial score (nSPS) is 14.1. The van der Waals surface area contributed by atoms with Crippen LogP contribution in [0.1, 0.15) is 18.1 Å². The molecule has 0 saturated heterocycles. The van der Waals surface area contributed by atoms with Crippen molar-refractivity contribution in [2.45, 2.75) is 13.5 Å². The number of ether oxygens (including phenoxy) is 5. The Morgan fingerprint density at radius 2 is 1.86 bits per heavy atom. The lowest BCUT2D eigenvalue weighted by Crippen LogP contribution is -2.11.